The summed E-state index contributed by atoms with van der Waals surface area (Å²) in [7, 11) is 0. The van der Waals surface area contributed by atoms with Crippen molar-refractivity contribution in [1.82, 2.24) is 25.1 Å². The van der Waals surface area contributed by atoms with Gasteiger partial charge in [0.25, 0.3) is 0 Å². The van der Waals surface area contributed by atoms with Gasteiger partial charge in [-0.3, -0.25) is 9.69 Å². The Morgan fingerprint density at radius 1 is 1.32 bits per heavy atom. The number of rotatable bonds is 5. The van der Waals surface area contributed by atoms with Crippen LogP contribution in [0.2, 0.25) is 0 Å². The third-order valence-corrected chi connectivity index (χ3v) is 4.06. The summed E-state index contributed by atoms with van der Waals surface area (Å²) in [5.41, 5.74) is 1.15. The molecule has 0 spiro atoms. The van der Waals surface area contributed by atoms with E-state index in [9.17, 15) is 4.79 Å². The molecule has 8 heteroatoms. The minimum atomic E-state index is -0.471. The van der Waals surface area contributed by atoms with Crippen molar-refractivity contribution < 1.29 is 14.1 Å². The maximum atomic E-state index is 12.5. The second kappa shape index (κ2) is 7.35. The van der Waals surface area contributed by atoms with E-state index in [0.29, 0.717) is 13.1 Å². The van der Waals surface area contributed by atoms with Crippen molar-refractivity contribution in [2.75, 3.05) is 6.54 Å². The average molecular weight is 347 g/mol. The first kappa shape index (κ1) is 17.6. The van der Waals surface area contributed by atoms with Gasteiger partial charge in [0.15, 0.2) is 0 Å². The molecule has 0 N–H and O–H groups in total. The number of ether oxygens (including phenoxy) is 1. The summed E-state index contributed by atoms with van der Waals surface area (Å²) in [5, 5.41) is 12.2. The lowest BCUT2D eigenvalue weighted by atomic mass is 10.0. The maximum Gasteiger partial charge on any atom is 0.323 e. The second-order valence-electron chi connectivity index (χ2n) is 7.41. The van der Waals surface area contributed by atoms with Crippen LogP contribution in [0.25, 0.3) is 0 Å². The van der Waals surface area contributed by atoms with Crippen LogP contribution in [-0.4, -0.2) is 49.2 Å². The van der Waals surface area contributed by atoms with Crippen molar-refractivity contribution in [2.45, 2.75) is 64.8 Å². The van der Waals surface area contributed by atoms with Crippen molar-refractivity contribution in [3.05, 3.63) is 29.9 Å². The first-order valence-corrected chi connectivity index (χ1v) is 8.66. The number of esters is 1. The summed E-state index contributed by atoms with van der Waals surface area (Å²) in [6, 6.07) is 1.58. The molecule has 3 rings (SSSR count). The Hall–Kier alpha value is -2.22. The number of piperidine rings is 1. The molecule has 0 aliphatic carbocycles. The third kappa shape index (κ3) is 4.88. The Kier molecular flexibility index (Phi) is 5.17. The highest BCUT2D eigenvalue weighted by Gasteiger charge is 2.32. The molecule has 136 valence electrons. The zero-order chi connectivity index (χ0) is 17.9. The lowest BCUT2D eigenvalue weighted by molar-refractivity contribution is -0.163. The number of hydrogen-bond donors (Lipinski definition) is 0. The highest BCUT2D eigenvalue weighted by Crippen LogP contribution is 2.22. The van der Waals surface area contributed by atoms with E-state index in [1.165, 1.54) is 6.26 Å². The molecule has 2 aromatic heterocycles. The van der Waals surface area contributed by atoms with Crippen LogP contribution in [0.5, 0.6) is 0 Å². The van der Waals surface area contributed by atoms with Gasteiger partial charge in [0.2, 0.25) is 0 Å². The summed E-state index contributed by atoms with van der Waals surface area (Å²) in [6.07, 6.45) is 6.36. The summed E-state index contributed by atoms with van der Waals surface area (Å²) in [4.78, 5) is 14.6. The van der Waals surface area contributed by atoms with Crippen molar-refractivity contribution in [3.63, 3.8) is 0 Å². The SMILES string of the molecule is CC(C)(C)OC(=O)[C@@H]1CCCCN1Cc1cn(Cc2ccon2)nn1. The smallest absolute Gasteiger partial charge is 0.323 e. The standard InChI is InChI=1S/C17H25N5O3/c1-17(2,3)25-16(23)15-6-4-5-8-21(15)10-14-12-22(20-18-14)11-13-7-9-24-19-13/h7,9,12,15H,4-6,8,10-11H2,1-3H3/t15-/m0/s1. The fourth-order valence-electron chi connectivity index (χ4n) is 3.00. The van der Waals surface area contributed by atoms with Crippen LogP contribution in [0.3, 0.4) is 0 Å². The second-order valence-corrected chi connectivity index (χ2v) is 7.41. The monoisotopic (exact) mass is 347 g/mol. The predicted molar refractivity (Wildman–Crippen MR) is 89.5 cm³/mol. The molecule has 0 aromatic carbocycles. The molecule has 25 heavy (non-hydrogen) atoms. The van der Waals surface area contributed by atoms with Gasteiger partial charge >= 0.3 is 5.97 Å². The van der Waals surface area contributed by atoms with E-state index in [1.54, 1.807) is 10.7 Å². The van der Waals surface area contributed by atoms with Gasteiger partial charge in [0.05, 0.1) is 18.4 Å². The highest BCUT2D eigenvalue weighted by molar-refractivity contribution is 5.76. The van der Waals surface area contributed by atoms with Gasteiger partial charge in [-0.25, -0.2) is 4.68 Å². The molecule has 1 fully saturated rings. The van der Waals surface area contributed by atoms with Crippen LogP contribution in [0.15, 0.2) is 23.0 Å². The highest BCUT2D eigenvalue weighted by atomic mass is 16.6. The molecule has 0 saturated carbocycles. The minimum absolute atomic E-state index is 0.151. The summed E-state index contributed by atoms with van der Waals surface area (Å²) < 4.78 is 12.1. The zero-order valence-electron chi connectivity index (χ0n) is 15.0. The van der Waals surface area contributed by atoms with Crippen LogP contribution in [0.4, 0.5) is 0 Å². The fraction of sp³-hybridized carbons (Fsp3) is 0.647. The molecular weight excluding hydrogens is 322 g/mol. The van der Waals surface area contributed by atoms with Gasteiger partial charge < -0.3 is 9.26 Å². The van der Waals surface area contributed by atoms with E-state index in [2.05, 4.69) is 20.4 Å². The molecule has 1 saturated heterocycles. The maximum absolute atomic E-state index is 12.5. The number of carbonyl (C=O) groups is 1. The summed E-state index contributed by atoms with van der Waals surface area (Å²) >= 11 is 0. The zero-order valence-corrected chi connectivity index (χ0v) is 15.0. The molecular formula is C17H25N5O3. The number of hydrogen-bond acceptors (Lipinski definition) is 7. The van der Waals surface area contributed by atoms with Crippen LogP contribution < -0.4 is 0 Å². The fourth-order valence-corrected chi connectivity index (χ4v) is 3.00. The summed E-state index contributed by atoms with van der Waals surface area (Å²) in [6.45, 7) is 7.65. The molecule has 1 aliphatic rings. The van der Waals surface area contributed by atoms with Crippen LogP contribution in [-0.2, 0) is 22.6 Å². The number of nitrogens with zero attached hydrogens (tertiary/aromatic N) is 5. The Labute approximate surface area is 147 Å². The van der Waals surface area contributed by atoms with Crippen molar-refractivity contribution >= 4 is 5.97 Å². The Morgan fingerprint density at radius 3 is 2.88 bits per heavy atom. The first-order valence-electron chi connectivity index (χ1n) is 8.66. The van der Waals surface area contributed by atoms with E-state index in [4.69, 9.17) is 9.26 Å². The van der Waals surface area contributed by atoms with Crippen molar-refractivity contribution in [3.8, 4) is 0 Å². The molecule has 2 aromatic rings. The molecule has 1 aliphatic heterocycles. The molecule has 3 heterocycles. The quantitative estimate of drug-likeness (QED) is 0.765. The lowest BCUT2D eigenvalue weighted by Gasteiger charge is -2.35. The first-order chi connectivity index (χ1) is 11.9. The molecule has 0 amide bonds. The van der Waals surface area contributed by atoms with Gasteiger partial charge in [-0.05, 0) is 40.2 Å². The van der Waals surface area contributed by atoms with Crippen LogP contribution >= 0.6 is 0 Å². The Balaban J connectivity index is 1.63. The number of likely N-dealkylation sites (tertiary alicyclic amines) is 1. The largest absolute Gasteiger partial charge is 0.459 e. The topological polar surface area (TPSA) is 86.3 Å². The van der Waals surface area contributed by atoms with Gasteiger partial charge in [-0.15, -0.1) is 5.10 Å². The van der Waals surface area contributed by atoms with Gasteiger partial charge in [0, 0.05) is 12.6 Å². The van der Waals surface area contributed by atoms with Crippen LogP contribution in [0.1, 0.15) is 51.4 Å². The van der Waals surface area contributed by atoms with E-state index in [-0.39, 0.29) is 12.0 Å². The molecule has 1 atom stereocenters. The van der Waals surface area contributed by atoms with Gasteiger partial charge in [-0.2, -0.15) is 0 Å². The summed E-state index contributed by atoms with van der Waals surface area (Å²) in [5.74, 6) is -0.151. The van der Waals surface area contributed by atoms with E-state index < -0.39 is 5.60 Å². The molecule has 0 radical (unpaired) electrons. The van der Waals surface area contributed by atoms with E-state index in [1.807, 2.05) is 27.0 Å². The molecule has 8 nitrogen and oxygen atoms in total. The predicted octanol–water partition coefficient (Wildman–Crippen LogP) is 2.01. The van der Waals surface area contributed by atoms with Gasteiger partial charge in [0.1, 0.15) is 23.6 Å². The molecule has 0 unspecified atom stereocenters. The minimum Gasteiger partial charge on any atom is -0.459 e. The van der Waals surface area contributed by atoms with Crippen molar-refractivity contribution in [2.24, 2.45) is 0 Å². The Bertz CT molecular complexity index is 689. The van der Waals surface area contributed by atoms with Crippen molar-refractivity contribution in [1.29, 1.82) is 0 Å². The lowest BCUT2D eigenvalue weighted by Crippen LogP contribution is -2.46. The molecule has 0 bridgehead atoms. The van der Waals surface area contributed by atoms with E-state index >= 15 is 0 Å². The van der Waals surface area contributed by atoms with Gasteiger partial charge in [-0.1, -0.05) is 16.8 Å². The number of carbonyl (C=O) groups excluding carboxylic acids is 1. The normalized spacial score (nSPS) is 19.1. The van der Waals surface area contributed by atoms with Crippen LogP contribution in [0, 0.1) is 0 Å². The average Bonchev–Trinajstić information content (AvgIpc) is 3.19. The third-order valence-electron chi connectivity index (χ3n) is 4.06. The Morgan fingerprint density at radius 2 is 2.16 bits per heavy atom. The number of aromatic nitrogens is 4. The van der Waals surface area contributed by atoms with E-state index in [0.717, 1.165) is 37.2 Å².